The number of aryl methyl sites for hydroxylation is 2. The maximum Gasteiger partial charge on any atom is 0.264 e. The Morgan fingerprint density at radius 1 is 0.822 bits per heavy atom. The molecule has 0 saturated carbocycles. The van der Waals surface area contributed by atoms with Gasteiger partial charge in [0.2, 0.25) is 11.8 Å². The number of halogens is 1. The highest BCUT2D eigenvalue weighted by Gasteiger charge is 2.35. The van der Waals surface area contributed by atoms with Gasteiger partial charge in [-0.05, 0) is 68.7 Å². The summed E-state index contributed by atoms with van der Waals surface area (Å²) in [4.78, 5) is 30.1. The second-order valence-electron chi connectivity index (χ2n) is 11.3. The van der Waals surface area contributed by atoms with E-state index in [-0.39, 0.29) is 29.8 Å². The Kier molecular flexibility index (Phi) is 11.6. The van der Waals surface area contributed by atoms with Gasteiger partial charge in [-0.25, -0.2) is 8.42 Å². The Labute approximate surface area is 275 Å². The van der Waals surface area contributed by atoms with Gasteiger partial charge >= 0.3 is 0 Å². The second kappa shape index (κ2) is 15.4. The Morgan fingerprint density at radius 2 is 1.49 bits per heavy atom. The van der Waals surface area contributed by atoms with E-state index in [0.29, 0.717) is 10.2 Å². The monoisotopic (exact) mass is 689 g/mol. The highest BCUT2D eigenvalue weighted by atomic mass is 79.9. The van der Waals surface area contributed by atoms with Crippen LogP contribution in [0, 0.1) is 13.8 Å². The van der Waals surface area contributed by atoms with Gasteiger partial charge in [0.05, 0.1) is 10.6 Å². The highest BCUT2D eigenvalue weighted by Crippen LogP contribution is 2.27. The molecule has 1 N–H and O–H groups in total. The lowest BCUT2D eigenvalue weighted by Gasteiger charge is -2.34. The molecule has 2 amide bonds. The van der Waals surface area contributed by atoms with Gasteiger partial charge in [0.1, 0.15) is 12.6 Å². The van der Waals surface area contributed by atoms with Crippen LogP contribution in [0.1, 0.15) is 42.5 Å². The van der Waals surface area contributed by atoms with Gasteiger partial charge in [0.15, 0.2) is 0 Å². The molecule has 0 saturated heterocycles. The summed E-state index contributed by atoms with van der Waals surface area (Å²) in [6.07, 6.45) is 0.989. The molecule has 4 rings (SSSR count). The average Bonchev–Trinajstić information content (AvgIpc) is 3.02. The van der Waals surface area contributed by atoms with Crippen molar-refractivity contribution in [3.05, 3.63) is 130 Å². The van der Waals surface area contributed by atoms with Crippen LogP contribution in [-0.2, 0) is 32.6 Å². The number of anilines is 1. The number of hydrogen-bond donors (Lipinski definition) is 1. The smallest absolute Gasteiger partial charge is 0.264 e. The van der Waals surface area contributed by atoms with Crippen molar-refractivity contribution in [2.24, 2.45) is 0 Å². The van der Waals surface area contributed by atoms with Crippen molar-refractivity contribution in [3.8, 4) is 0 Å². The molecule has 0 aliphatic carbocycles. The molecule has 0 spiro atoms. The maximum atomic E-state index is 14.6. The quantitative estimate of drug-likeness (QED) is 0.167. The van der Waals surface area contributed by atoms with E-state index in [2.05, 4.69) is 21.2 Å². The van der Waals surface area contributed by atoms with Crippen LogP contribution in [-0.4, -0.2) is 43.8 Å². The van der Waals surface area contributed by atoms with E-state index >= 15 is 0 Å². The third-order valence-corrected chi connectivity index (χ3v) is 9.97. The van der Waals surface area contributed by atoms with Crippen molar-refractivity contribution in [2.75, 3.05) is 10.8 Å². The predicted molar refractivity (Wildman–Crippen MR) is 183 cm³/mol. The molecular formula is C36H40BrN3O4S. The number of nitrogens with one attached hydrogen (secondary N) is 1. The maximum absolute atomic E-state index is 14.6. The van der Waals surface area contributed by atoms with E-state index in [1.54, 1.807) is 48.5 Å². The van der Waals surface area contributed by atoms with E-state index in [4.69, 9.17) is 0 Å². The zero-order valence-electron chi connectivity index (χ0n) is 26.1. The van der Waals surface area contributed by atoms with Gasteiger partial charge in [-0.3, -0.25) is 13.9 Å². The molecule has 7 nitrogen and oxygen atoms in total. The summed E-state index contributed by atoms with van der Waals surface area (Å²) in [5.74, 6) is -0.781. The standard InChI is InChI=1S/C36H40BrN3O4S/c1-5-28(4)38-36(42)34(22-29-12-7-6-8-13-29)39(24-30-14-9-11-27(3)21-30)35(41)25-40(32-16-10-15-31(37)23-32)45(43,44)33-19-17-26(2)18-20-33/h6-21,23,28,34H,5,22,24-25H2,1-4H3,(H,38,42)/t28-,34+/m1/s1. The molecule has 0 radical (unpaired) electrons. The van der Waals surface area contributed by atoms with Crippen LogP contribution in [0.3, 0.4) is 0 Å². The van der Waals surface area contributed by atoms with E-state index in [0.717, 1.165) is 33.0 Å². The lowest BCUT2D eigenvalue weighted by atomic mass is 10.0. The van der Waals surface area contributed by atoms with Crippen molar-refractivity contribution in [2.45, 2.75) is 64.1 Å². The highest BCUT2D eigenvalue weighted by molar-refractivity contribution is 9.10. The first-order valence-electron chi connectivity index (χ1n) is 15.0. The van der Waals surface area contributed by atoms with Crippen molar-refractivity contribution in [3.63, 3.8) is 0 Å². The topological polar surface area (TPSA) is 86.8 Å². The molecule has 0 aliphatic rings. The van der Waals surface area contributed by atoms with Gasteiger partial charge in [-0.15, -0.1) is 0 Å². The van der Waals surface area contributed by atoms with Crippen LogP contribution in [0.4, 0.5) is 5.69 Å². The lowest BCUT2D eigenvalue weighted by molar-refractivity contribution is -0.140. The first-order valence-corrected chi connectivity index (χ1v) is 17.3. The van der Waals surface area contributed by atoms with Crippen molar-refractivity contribution in [1.82, 2.24) is 10.2 Å². The van der Waals surface area contributed by atoms with Gasteiger partial charge in [-0.2, -0.15) is 0 Å². The van der Waals surface area contributed by atoms with Crippen molar-refractivity contribution < 1.29 is 18.0 Å². The number of nitrogens with zero attached hydrogens (tertiary/aromatic N) is 2. The van der Waals surface area contributed by atoms with Crippen molar-refractivity contribution in [1.29, 1.82) is 0 Å². The molecule has 9 heteroatoms. The minimum absolute atomic E-state index is 0.0708. The largest absolute Gasteiger partial charge is 0.352 e. The second-order valence-corrected chi connectivity index (χ2v) is 14.1. The fraction of sp³-hybridized carbons (Fsp3) is 0.278. The zero-order valence-corrected chi connectivity index (χ0v) is 28.5. The number of sulfonamides is 1. The van der Waals surface area contributed by atoms with Gasteiger partial charge in [-0.1, -0.05) is 107 Å². The molecule has 45 heavy (non-hydrogen) atoms. The fourth-order valence-electron chi connectivity index (χ4n) is 5.00. The SMILES string of the molecule is CC[C@@H](C)NC(=O)[C@H](Cc1ccccc1)N(Cc1cccc(C)c1)C(=O)CN(c1cccc(Br)c1)S(=O)(=O)c1ccc(C)cc1. The molecule has 4 aromatic rings. The first-order chi connectivity index (χ1) is 21.5. The Balaban J connectivity index is 1.81. The Morgan fingerprint density at radius 3 is 2.13 bits per heavy atom. The van der Waals surface area contributed by atoms with Crippen LogP contribution in [0.2, 0.25) is 0 Å². The average molecular weight is 691 g/mol. The number of carbonyl (C=O) groups excluding carboxylic acids is 2. The minimum Gasteiger partial charge on any atom is -0.352 e. The third-order valence-electron chi connectivity index (χ3n) is 7.69. The molecule has 0 bridgehead atoms. The van der Waals surface area contributed by atoms with Crippen molar-refractivity contribution >= 4 is 43.5 Å². The summed E-state index contributed by atoms with van der Waals surface area (Å²) in [7, 11) is -4.16. The molecule has 0 unspecified atom stereocenters. The predicted octanol–water partition coefficient (Wildman–Crippen LogP) is 6.82. The minimum atomic E-state index is -4.16. The van der Waals surface area contributed by atoms with Crippen LogP contribution in [0.5, 0.6) is 0 Å². The summed E-state index contributed by atoms with van der Waals surface area (Å²) < 4.78 is 30.1. The fourth-order valence-corrected chi connectivity index (χ4v) is 6.79. The number of rotatable bonds is 13. The number of carbonyl (C=O) groups is 2. The Hall–Kier alpha value is -3.95. The van der Waals surface area contributed by atoms with E-state index in [9.17, 15) is 18.0 Å². The van der Waals surface area contributed by atoms with E-state index < -0.39 is 28.5 Å². The molecular weight excluding hydrogens is 650 g/mol. The molecule has 4 aromatic carbocycles. The number of benzene rings is 4. The third kappa shape index (κ3) is 9.05. The normalized spacial score (nSPS) is 12.6. The van der Waals surface area contributed by atoms with Crippen LogP contribution < -0.4 is 9.62 Å². The van der Waals surface area contributed by atoms with Crippen LogP contribution in [0.15, 0.2) is 112 Å². The summed E-state index contributed by atoms with van der Waals surface area (Å²) >= 11 is 3.45. The van der Waals surface area contributed by atoms with Gasteiger partial charge in [0, 0.05) is 23.5 Å². The summed E-state index contributed by atoms with van der Waals surface area (Å²) in [6.45, 7) is 7.39. The molecule has 2 atom stereocenters. The molecule has 0 aromatic heterocycles. The van der Waals surface area contributed by atoms with E-state index in [1.807, 2.05) is 82.3 Å². The number of amides is 2. The Bertz CT molecular complexity index is 1710. The first kappa shape index (κ1) is 33.9. The molecule has 236 valence electrons. The van der Waals surface area contributed by atoms with E-state index in [1.165, 1.54) is 4.90 Å². The molecule has 0 fully saturated rings. The number of hydrogen-bond acceptors (Lipinski definition) is 4. The molecule has 0 heterocycles. The summed E-state index contributed by atoms with van der Waals surface area (Å²) in [6, 6.07) is 29.7. The van der Waals surface area contributed by atoms with Gasteiger partial charge < -0.3 is 10.2 Å². The summed E-state index contributed by atoms with van der Waals surface area (Å²) in [5, 5.41) is 3.07. The molecule has 0 aliphatic heterocycles. The summed E-state index contributed by atoms with van der Waals surface area (Å²) in [5.41, 5.74) is 3.99. The van der Waals surface area contributed by atoms with Gasteiger partial charge in [0.25, 0.3) is 10.0 Å². The van der Waals surface area contributed by atoms with Crippen LogP contribution in [0.25, 0.3) is 0 Å². The lowest BCUT2D eigenvalue weighted by Crippen LogP contribution is -2.54. The zero-order chi connectivity index (χ0) is 32.6. The van der Waals surface area contributed by atoms with Crippen LogP contribution >= 0.6 is 15.9 Å².